The third-order valence-electron chi connectivity index (χ3n) is 4.98. The lowest BCUT2D eigenvalue weighted by molar-refractivity contribution is 0.0536. The number of imidazole rings is 1. The van der Waals surface area contributed by atoms with Crippen LogP contribution in [0, 0.1) is 5.92 Å². The summed E-state index contributed by atoms with van der Waals surface area (Å²) in [5.41, 5.74) is 2.13. The summed E-state index contributed by atoms with van der Waals surface area (Å²) in [5.74, 6) is 2.62. The number of aromatic nitrogens is 2. The molecule has 2 aromatic rings. The van der Waals surface area contributed by atoms with E-state index in [0.29, 0.717) is 19.1 Å². The summed E-state index contributed by atoms with van der Waals surface area (Å²) >= 11 is 0. The molecule has 1 fully saturated rings. The van der Waals surface area contributed by atoms with Crippen LogP contribution >= 0.6 is 24.0 Å². The number of guanidine groups is 1. The average molecular weight is 515 g/mol. The molecule has 7 nitrogen and oxygen atoms in total. The molecule has 0 saturated carbocycles. The number of H-pyrrole nitrogens is 1. The van der Waals surface area contributed by atoms with Crippen LogP contribution in [0.1, 0.15) is 25.6 Å². The van der Waals surface area contributed by atoms with Crippen LogP contribution in [0.3, 0.4) is 0 Å². The Morgan fingerprint density at radius 2 is 2.21 bits per heavy atom. The van der Waals surface area contributed by atoms with Gasteiger partial charge in [-0.25, -0.2) is 4.98 Å². The predicted molar refractivity (Wildman–Crippen MR) is 128 cm³/mol. The number of nitrogens with one attached hydrogen (secondary N) is 2. The van der Waals surface area contributed by atoms with Crippen molar-refractivity contribution >= 4 is 41.0 Å². The summed E-state index contributed by atoms with van der Waals surface area (Å²) < 4.78 is 10.7. The molecule has 0 bridgehead atoms. The quantitative estimate of drug-likeness (QED) is 0.220. The van der Waals surface area contributed by atoms with Gasteiger partial charge >= 0.3 is 0 Å². The maximum Gasteiger partial charge on any atom is 0.193 e. The maximum atomic E-state index is 5.70. The van der Waals surface area contributed by atoms with Crippen molar-refractivity contribution in [2.45, 2.75) is 26.2 Å². The lowest BCUT2D eigenvalue weighted by Gasteiger charge is -2.21. The first-order valence-corrected chi connectivity index (χ1v) is 10.3. The Hall–Kier alpha value is -1.39. The first-order valence-electron chi connectivity index (χ1n) is 10.3. The molecule has 0 aliphatic carbocycles. The minimum atomic E-state index is 0. The lowest BCUT2D eigenvalue weighted by Crippen LogP contribution is -2.40. The highest BCUT2D eigenvalue weighted by Crippen LogP contribution is 2.17. The van der Waals surface area contributed by atoms with Crippen molar-refractivity contribution in [2.75, 3.05) is 53.1 Å². The Morgan fingerprint density at radius 3 is 3.00 bits per heavy atom. The fourth-order valence-electron chi connectivity index (χ4n) is 3.53. The number of methoxy groups -OCH3 is 1. The number of para-hydroxylation sites is 2. The largest absolute Gasteiger partial charge is 0.382 e. The van der Waals surface area contributed by atoms with E-state index < -0.39 is 0 Å². The van der Waals surface area contributed by atoms with Crippen LogP contribution in [0.15, 0.2) is 29.3 Å². The Kier molecular flexibility index (Phi) is 10.7. The van der Waals surface area contributed by atoms with E-state index in [9.17, 15) is 0 Å². The number of hydrogen-bond donors (Lipinski definition) is 2. The number of rotatable bonds is 10. The third kappa shape index (κ3) is 7.42. The molecular weight excluding hydrogens is 481 g/mol. The highest BCUT2D eigenvalue weighted by Gasteiger charge is 2.24. The monoisotopic (exact) mass is 515 g/mol. The van der Waals surface area contributed by atoms with Crippen molar-refractivity contribution in [3.8, 4) is 0 Å². The van der Waals surface area contributed by atoms with Crippen LogP contribution in [-0.4, -0.2) is 73.9 Å². The number of nitrogens with zero attached hydrogens (tertiary/aromatic N) is 3. The number of ether oxygens (including phenoxy) is 2. The van der Waals surface area contributed by atoms with Gasteiger partial charge in [-0.3, -0.25) is 4.99 Å². The molecule has 29 heavy (non-hydrogen) atoms. The first-order chi connectivity index (χ1) is 13.8. The van der Waals surface area contributed by atoms with Gasteiger partial charge in [0.15, 0.2) is 5.96 Å². The molecule has 1 unspecified atom stereocenters. The third-order valence-corrected chi connectivity index (χ3v) is 4.98. The first kappa shape index (κ1) is 23.9. The molecule has 1 aliphatic rings. The maximum absolute atomic E-state index is 5.70. The molecule has 8 heteroatoms. The number of aliphatic imine (C=N–C) groups is 1. The fourth-order valence-corrected chi connectivity index (χ4v) is 3.53. The van der Waals surface area contributed by atoms with Gasteiger partial charge in [-0.1, -0.05) is 12.1 Å². The van der Waals surface area contributed by atoms with E-state index in [1.165, 1.54) is 0 Å². The Morgan fingerprint density at radius 1 is 1.34 bits per heavy atom. The molecule has 3 rings (SSSR count). The van der Waals surface area contributed by atoms with Gasteiger partial charge in [0.2, 0.25) is 0 Å². The van der Waals surface area contributed by atoms with Gasteiger partial charge in [0, 0.05) is 45.6 Å². The highest BCUT2D eigenvalue weighted by atomic mass is 127. The second-order valence-corrected chi connectivity index (χ2v) is 7.21. The average Bonchev–Trinajstić information content (AvgIpc) is 3.34. The van der Waals surface area contributed by atoms with E-state index in [4.69, 9.17) is 14.5 Å². The fraction of sp³-hybridized carbons (Fsp3) is 0.619. The molecule has 1 saturated heterocycles. The number of fused-ring (bicyclic) bond motifs is 1. The summed E-state index contributed by atoms with van der Waals surface area (Å²) in [6.45, 7) is 7.96. The molecule has 1 atom stereocenters. The number of halogens is 1. The van der Waals surface area contributed by atoms with Gasteiger partial charge in [-0.2, -0.15) is 0 Å². The second-order valence-electron chi connectivity index (χ2n) is 7.21. The van der Waals surface area contributed by atoms with E-state index in [1.54, 1.807) is 7.11 Å². The molecule has 1 aliphatic heterocycles. The standard InChI is InChI=1S/C21H33N5O2.HI/c1-3-22-21(26-12-10-17(15-26)16-28-14-13-27-2)23-11-6-9-20-24-18-7-4-5-8-19(18)25-20;/h4-5,7-8,17H,3,6,9-16H2,1-2H3,(H,22,23)(H,24,25);1H. The Labute approximate surface area is 190 Å². The van der Waals surface area contributed by atoms with Crippen LogP contribution in [0.25, 0.3) is 11.0 Å². The zero-order valence-corrected chi connectivity index (χ0v) is 19.9. The van der Waals surface area contributed by atoms with Crippen molar-refractivity contribution in [3.63, 3.8) is 0 Å². The molecular formula is C21H34IN5O2. The molecule has 2 N–H and O–H groups in total. The van der Waals surface area contributed by atoms with Crippen LogP contribution in [0.5, 0.6) is 0 Å². The minimum absolute atomic E-state index is 0. The number of aryl methyl sites for hydroxylation is 1. The summed E-state index contributed by atoms with van der Waals surface area (Å²) in [6, 6.07) is 8.16. The summed E-state index contributed by atoms with van der Waals surface area (Å²) in [4.78, 5) is 15.2. The van der Waals surface area contributed by atoms with Crippen LogP contribution < -0.4 is 5.32 Å². The predicted octanol–water partition coefficient (Wildman–Crippen LogP) is 3.06. The van der Waals surface area contributed by atoms with Gasteiger partial charge in [-0.05, 0) is 31.9 Å². The smallest absolute Gasteiger partial charge is 0.193 e. The van der Waals surface area contributed by atoms with Crippen molar-refractivity contribution in [1.82, 2.24) is 20.2 Å². The van der Waals surface area contributed by atoms with Crippen molar-refractivity contribution < 1.29 is 9.47 Å². The van der Waals surface area contributed by atoms with E-state index in [-0.39, 0.29) is 24.0 Å². The Balaban J connectivity index is 0.00000300. The van der Waals surface area contributed by atoms with Crippen LogP contribution in [-0.2, 0) is 15.9 Å². The molecule has 0 spiro atoms. The number of likely N-dealkylation sites (tertiary alicyclic amines) is 1. The number of benzene rings is 1. The van der Waals surface area contributed by atoms with E-state index in [0.717, 1.165) is 74.9 Å². The molecule has 0 radical (unpaired) electrons. The number of hydrogen-bond acceptors (Lipinski definition) is 4. The molecule has 162 valence electrons. The van der Waals surface area contributed by atoms with Crippen LogP contribution in [0.4, 0.5) is 0 Å². The van der Waals surface area contributed by atoms with Gasteiger partial charge < -0.3 is 24.7 Å². The van der Waals surface area contributed by atoms with Gasteiger partial charge in [0.05, 0.1) is 30.9 Å². The molecule has 2 heterocycles. The van der Waals surface area contributed by atoms with Gasteiger partial charge in [-0.15, -0.1) is 24.0 Å². The van der Waals surface area contributed by atoms with Gasteiger partial charge in [0.25, 0.3) is 0 Å². The summed E-state index contributed by atoms with van der Waals surface area (Å²) in [7, 11) is 1.70. The van der Waals surface area contributed by atoms with Crippen molar-refractivity contribution in [2.24, 2.45) is 10.9 Å². The molecule has 1 aromatic heterocycles. The second kappa shape index (κ2) is 13.0. The van der Waals surface area contributed by atoms with E-state index in [2.05, 4.69) is 33.2 Å². The zero-order chi connectivity index (χ0) is 19.6. The molecule has 1 aromatic carbocycles. The van der Waals surface area contributed by atoms with Crippen molar-refractivity contribution in [3.05, 3.63) is 30.1 Å². The highest BCUT2D eigenvalue weighted by molar-refractivity contribution is 14.0. The zero-order valence-electron chi connectivity index (χ0n) is 17.5. The summed E-state index contributed by atoms with van der Waals surface area (Å²) in [6.07, 6.45) is 3.04. The SMILES string of the molecule is CCNC(=NCCCc1nc2ccccc2[nH]1)N1CCC(COCCOC)C1.I. The minimum Gasteiger partial charge on any atom is -0.382 e. The van der Waals surface area contributed by atoms with Gasteiger partial charge in [0.1, 0.15) is 5.82 Å². The van der Waals surface area contributed by atoms with E-state index >= 15 is 0 Å². The molecule has 0 amide bonds. The van der Waals surface area contributed by atoms with Crippen molar-refractivity contribution in [1.29, 1.82) is 0 Å². The summed E-state index contributed by atoms with van der Waals surface area (Å²) in [5, 5.41) is 3.43. The topological polar surface area (TPSA) is 74.8 Å². The Bertz CT molecular complexity index is 719. The lowest BCUT2D eigenvalue weighted by atomic mass is 10.1. The van der Waals surface area contributed by atoms with Crippen LogP contribution in [0.2, 0.25) is 0 Å². The van der Waals surface area contributed by atoms with E-state index in [1.807, 2.05) is 18.2 Å². The normalized spacial score (nSPS) is 17.0. The number of aromatic amines is 1.